The molecule has 0 radical (unpaired) electrons. The van der Waals surface area contributed by atoms with Crippen molar-refractivity contribution in [1.82, 2.24) is 5.32 Å². The number of nitrogens with zero attached hydrogens (tertiary/aromatic N) is 1. The summed E-state index contributed by atoms with van der Waals surface area (Å²) in [7, 11) is 0. The van der Waals surface area contributed by atoms with Crippen LogP contribution in [0.4, 0.5) is 5.69 Å². The molecule has 2 amide bonds. The highest BCUT2D eigenvalue weighted by molar-refractivity contribution is 6.10. The van der Waals surface area contributed by atoms with Crippen molar-refractivity contribution in [2.45, 2.75) is 26.8 Å². The van der Waals surface area contributed by atoms with Gasteiger partial charge >= 0.3 is 0 Å². The van der Waals surface area contributed by atoms with Crippen LogP contribution in [0.2, 0.25) is 0 Å². The molecule has 4 nitrogen and oxygen atoms in total. The van der Waals surface area contributed by atoms with Gasteiger partial charge in [0.15, 0.2) is 0 Å². The molecule has 0 aliphatic carbocycles. The number of hydrogen-bond acceptors (Lipinski definition) is 2. The Hall–Kier alpha value is -1.84. The number of carbonyl (C=O) groups excluding carboxylic acids is 2. The van der Waals surface area contributed by atoms with Crippen LogP contribution in [0.5, 0.6) is 0 Å². The number of fused-ring (bicyclic) bond motifs is 1. The van der Waals surface area contributed by atoms with Crippen molar-refractivity contribution in [3.05, 3.63) is 29.8 Å². The SMILES string of the molecule is CC(C)CN1C(=O)C(C)NC(=O)c2ccccc21. The van der Waals surface area contributed by atoms with Crippen molar-refractivity contribution >= 4 is 17.5 Å². The molecule has 1 unspecified atom stereocenters. The maximum Gasteiger partial charge on any atom is 0.254 e. The minimum Gasteiger partial charge on any atom is -0.340 e. The summed E-state index contributed by atoms with van der Waals surface area (Å²) in [5.41, 5.74) is 1.27. The first-order valence-electron chi connectivity index (χ1n) is 6.22. The second kappa shape index (κ2) is 4.80. The highest BCUT2D eigenvalue weighted by atomic mass is 16.2. The maximum atomic E-state index is 12.3. The van der Waals surface area contributed by atoms with E-state index in [9.17, 15) is 9.59 Å². The molecule has 0 bridgehead atoms. The van der Waals surface area contributed by atoms with Gasteiger partial charge in [0.05, 0.1) is 11.3 Å². The van der Waals surface area contributed by atoms with Crippen LogP contribution in [-0.2, 0) is 4.79 Å². The van der Waals surface area contributed by atoms with Crippen molar-refractivity contribution in [2.24, 2.45) is 5.92 Å². The Balaban J connectivity index is 2.50. The lowest BCUT2D eigenvalue weighted by Gasteiger charge is -2.25. The molecule has 0 fully saturated rings. The standard InChI is InChI=1S/C14H18N2O2/c1-9(2)8-16-12-7-5-4-6-11(12)13(17)15-10(3)14(16)18/h4-7,9-10H,8H2,1-3H3,(H,15,17). The van der Waals surface area contributed by atoms with Crippen molar-refractivity contribution < 1.29 is 9.59 Å². The molecule has 4 heteroatoms. The number of nitrogens with one attached hydrogen (secondary N) is 1. The molecule has 96 valence electrons. The predicted molar refractivity (Wildman–Crippen MR) is 70.6 cm³/mol. The molecule has 0 saturated heterocycles. The molecule has 0 saturated carbocycles. The van der Waals surface area contributed by atoms with Crippen LogP contribution in [0.15, 0.2) is 24.3 Å². The van der Waals surface area contributed by atoms with Gasteiger partial charge in [0, 0.05) is 6.54 Å². The van der Waals surface area contributed by atoms with Crippen LogP contribution in [0.3, 0.4) is 0 Å². The summed E-state index contributed by atoms with van der Waals surface area (Å²) in [6.45, 7) is 6.45. The first-order valence-corrected chi connectivity index (χ1v) is 6.22. The number of benzene rings is 1. The average molecular weight is 246 g/mol. The van der Waals surface area contributed by atoms with E-state index in [2.05, 4.69) is 19.2 Å². The Bertz CT molecular complexity index is 482. The molecule has 1 aliphatic rings. The van der Waals surface area contributed by atoms with Gasteiger partial charge in [-0.2, -0.15) is 0 Å². The largest absolute Gasteiger partial charge is 0.340 e. The molecule has 1 aliphatic heterocycles. The smallest absolute Gasteiger partial charge is 0.254 e. The quantitative estimate of drug-likeness (QED) is 0.865. The number of hydrogen-bond donors (Lipinski definition) is 1. The molecule has 1 aromatic rings. The van der Waals surface area contributed by atoms with Crippen LogP contribution in [0.25, 0.3) is 0 Å². The van der Waals surface area contributed by atoms with Crippen molar-refractivity contribution in [2.75, 3.05) is 11.4 Å². The minimum atomic E-state index is -0.483. The van der Waals surface area contributed by atoms with Gasteiger partial charge < -0.3 is 10.2 Å². The Kier molecular flexibility index (Phi) is 3.36. The highest BCUT2D eigenvalue weighted by Crippen LogP contribution is 2.24. The van der Waals surface area contributed by atoms with Crippen molar-refractivity contribution in [1.29, 1.82) is 0 Å². The molecule has 0 spiro atoms. The predicted octanol–water partition coefficient (Wildman–Crippen LogP) is 1.81. The second-order valence-corrected chi connectivity index (χ2v) is 5.05. The molecule has 18 heavy (non-hydrogen) atoms. The highest BCUT2D eigenvalue weighted by Gasteiger charge is 2.30. The topological polar surface area (TPSA) is 49.4 Å². The van der Waals surface area contributed by atoms with Crippen LogP contribution in [-0.4, -0.2) is 24.4 Å². The zero-order chi connectivity index (χ0) is 13.3. The molecule has 0 aromatic heterocycles. The zero-order valence-corrected chi connectivity index (χ0v) is 10.9. The number of anilines is 1. The van der Waals surface area contributed by atoms with Crippen LogP contribution in [0.1, 0.15) is 31.1 Å². The second-order valence-electron chi connectivity index (χ2n) is 5.05. The lowest BCUT2D eigenvalue weighted by molar-refractivity contribution is -0.120. The third-order valence-electron chi connectivity index (χ3n) is 2.97. The summed E-state index contributed by atoms with van der Waals surface area (Å²) in [5, 5.41) is 2.72. The zero-order valence-electron chi connectivity index (χ0n) is 10.9. The van der Waals surface area contributed by atoms with E-state index in [0.717, 1.165) is 0 Å². The molecule has 1 atom stereocenters. The Morgan fingerprint density at radius 1 is 1.28 bits per heavy atom. The van der Waals surface area contributed by atoms with Crippen LogP contribution < -0.4 is 10.2 Å². The van der Waals surface area contributed by atoms with Crippen LogP contribution in [0, 0.1) is 5.92 Å². The van der Waals surface area contributed by atoms with E-state index in [-0.39, 0.29) is 11.8 Å². The Morgan fingerprint density at radius 2 is 1.94 bits per heavy atom. The maximum absolute atomic E-state index is 12.3. The Labute approximate surface area is 107 Å². The van der Waals surface area contributed by atoms with Crippen molar-refractivity contribution in [3.8, 4) is 0 Å². The van der Waals surface area contributed by atoms with E-state index in [0.29, 0.717) is 23.7 Å². The molecule has 1 aromatic carbocycles. The van der Waals surface area contributed by atoms with E-state index in [4.69, 9.17) is 0 Å². The van der Waals surface area contributed by atoms with E-state index in [1.165, 1.54) is 0 Å². The van der Waals surface area contributed by atoms with Gasteiger partial charge in [-0.25, -0.2) is 0 Å². The fourth-order valence-corrected chi connectivity index (χ4v) is 2.14. The van der Waals surface area contributed by atoms with Gasteiger partial charge in [-0.1, -0.05) is 26.0 Å². The van der Waals surface area contributed by atoms with E-state index >= 15 is 0 Å². The summed E-state index contributed by atoms with van der Waals surface area (Å²) in [6.07, 6.45) is 0. The molecular weight excluding hydrogens is 228 g/mol. The summed E-state index contributed by atoms with van der Waals surface area (Å²) < 4.78 is 0. The van der Waals surface area contributed by atoms with Gasteiger partial charge in [0.1, 0.15) is 6.04 Å². The van der Waals surface area contributed by atoms with Crippen molar-refractivity contribution in [3.63, 3.8) is 0 Å². The number of amides is 2. The summed E-state index contributed by atoms with van der Waals surface area (Å²) in [5.74, 6) is 0.113. The summed E-state index contributed by atoms with van der Waals surface area (Å²) in [6, 6.07) is 6.76. The molecule has 1 N–H and O–H groups in total. The van der Waals surface area contributed by atoms with E-state index in [1.807, 2.05) is 18.2 Å². The lowest BCUT2D eigenvalue weighted by atomic mass is 10.1. The van der Waals surface area contributed by atoms with E-state index < -0.39 is 6.04 Å². The number of para-hydroxylation sites is 1. The number of carbonyl (C=O) groups is 2. The first-order chi connectivity index (χ1) is 8.50. The summed E-state index contributed by atoms with van der Waals surface area (Å²) >= 11 is 0. The monoisotopic (exact) mass is 246 g/mol. The van der Waals surface area contributed by atoms with Gasteiger partial charge in [0.25, 0.3) is 5.91 Å². The van der Waals surface area contributed by atoms with Gasteiger partial charge in [0.2, 0.25) is 5.91 Å². The normalized spacial score (nSPS) is 19.6. The molecular formula is C14H18N2O2. The van der Waals surface area contributed by atoms with Crippen LogP contribution >= 0.6 is 0 Å². The third kappa shape index (κ3) is 2.23. The number of rotatable bonds is 2. The molecule has 1 heterocycles. The minimum absolute atomic E-state index is 0.0537. The first kappa shape index (κ1) is 12.6. The van der Waals surface area contributed by atoms with Gasteiger partial charge in [-0.05, 0) is 25.0 Å². The fraction of sp³-hybridized carbons (Fsp3) is 0.429. The third-order valence-corrected chi connectivity index (χ3v) is 2.97. The van der Waals surface area contributed by atoms with Gasteiger partial charge in [-0.3, -0.25) is 9.59 Å². The molecule has 2 rings (SSSR count). The van der Waals surface area contributed by atoms with E-state index in [1.54, 1.807) is 17.9 Å². The Morgan fingerprint density at radius 3 is 2.61 bits per heavy atom. The van der Waals surface area contributed by atoms with Gasteiger partial charge in [-0.15, -0.1) is 0 Å². The summed E-state index contributed by atoms with van der Waals surface area (Å²) in [4.78, 5) is 26.0. The average Bonchev–Trinajstić information content (AvgIpc) is 2.41. The lowest BCUT2D eigenvalue weighted by Crippen LogP contribution is -2.45. The fourth-order valence-electron chi connectivity index (χ4n) is 2.14.